The second-order valence-electron chi connectivity index (χ2n) is 2.78. The Balaban J connectivity index is 3.77. The third-order valence-corrected chi connectivity index (χ3v) is 1.54. The van der Waals surface area contributed by atoms with Crippen LogP contribution in [0.4, 0.5) is 4.79 Å². The minimum absolute atomic E-state index is 0.171. The molecular formula is C8H15N3O3. The fraction of sp³-hybridized carbons (Fsp3) is 0.500. The Hall–Kier alpha value is -1.56. The molecule has 0 aromatic rings. The Morgan fingerprint density at radius 3 is 2.50 bits per heavy atom. The molecule has 0 aliphatic heterocycles. The Morgan fingerprint density at radius 1 is 1.57 bits per heavy atom. The summed E-state index contributed by atoms with van der Waals surface area (Å²) in [5, 5.41) is 11.2. The molecule has 0 unspecified atom stereocenters. The highest BCUT2D eigenvalue weighted by Crippen LogP contribution is 1.87. The molecule has 0 aliphatic carbocycles. The molecule has 0 bridgehead atoms. The number of aliphatic hydroxyl groups is 1. The summed E-state index contributed by atoms with van der Waals surface area (Å²) < 4.78 is 0. The Kier molecular flexibility index (Phi) is 5.31. The van der Waals surface area contributed by atoms with Crippen LogP contribution < -0.4 is 11.1 Å². The van der Waals surface area contributed by atoms with Gasteiger partial charge in [0.2, 0.25) is 5.91 Å². The van der Waals surface area contributed by atoms with Gasteiger partial charge in [0.25, 0.3) is 0 Å². The van der Waals surface area contributed by atoms with E-state index in [2.05, 4.69) is 11.9 Å². The molecule has 0 aromatic carbocycles. The molecule has 0 atom stereocenters. The zero-order valence-corrected chi connectivity index (χ0v) is 8.12. The number of hydrogen-bond donors (Lipinski definition) is 3. The van der Waals surface area contributed by atoms with Crippen molar-refractivity contribution < 1.29 is 14.7 Å². The van der Waals surface area contributed by atoms with Crippen molar-refractivity contribution in [2.24, 2.45) is 5.73 Å². The number of hydrogen-bond acceptors (Lipinski definition) is 3. The molecule has 0 aliphatic rings. The van der Waals surface area contributed by atoms with Gasteiger partial charge in [-0.25, -0.2) is 4.79 Å². The number of amides is 3. The predicted octanol–water partition coefficient (Wildman–Crippen LogP) is -0.991. The van der Waals surface area contributed by atoms with E-state index in [0.717, 1.165) is 4.90 Å². The van der Waals surface area contributed by atoms with Crippen molar-refractivity contribution in [2.75, 3.05) is 19.8 Å². The van der Waals surface area contributed by atoms with Crippen molar-refractivity contribution in [2.45, 2.75) is 6.92 Å². The Bertz CT molecular complexity index is 240. The van der Waals surface area contributed by atoms with Crippen molar-refractivity contribution in [3.63, 3.8) is 0 Å². The van der Waals surface area contributed by atoms with Crippen LogP contribution in [0.2, 0.25) is 0 Å². The van der Waals surface area contributed by atoms with E-state index < -0.39 is 12.8 Å². The van der Waals surface area contributed by atoms with E-state index in [9.17, 15) is 9.59 Å². The van der Waals surface area contributed by atoms with Gasteiger partial charge in [-0.05, 0) is 6.92 Å². The van der Waals surface area contributed by atoms with E-state index in [-0.39, 0.29) is 19.0 Å². The van der Waals surface area contributed by atoms with Crippen LogP contribution in [0.5, 0.6) is 0 Å². The summed E-state index contributed by atoms with van der Waals surface area (Å²) in [6.45, 7) is 4.96. The number of urea groups is 1. The molecule has 14 heavy (non-hydrogen) atoms. The van der Waals surface area contributed by atoms with Gasteiger partial charge in [0, 0.05) is 18.7 Å². The smallest absolute Gasteiger partial charge is 0.316 e. The van der Waals surface area contributed by atoms with Gasteiger partial charge < -0.3 is 21.1 Å². The molecule has 0 saturated carbocycles. The number of carbonyl (C=O) groups excluding carboxylic acids is 2. The van der Waals surface area contributed by atoms with E-state index in [1.54, 1.807) is 6.92 Å². The lowest BCUT2D eigenvalue weighted by atomic mass is 10.3. The van der Waals surface area contributed by atoms with Crippen LogP contribution in [-0.2, 0) is 4.79 Å². The maximum absolute atomic E-state index is 11.0. The second-order valence-corrected chi connectivity index (χ2v) is 2.78. The number of rotatable bonds is 5. The van der Waals surface area contributed by atoms with Gasteiger partial charge >= 0.3 is 6.03 Å². The molecule has 0 fully saturated rings. The summed E-state index contributed by atoms with van der Waals surface area (Å²) in [4.78, 5) is 22.6. The van der Waals surface area contributed by atoms with Crippen LogP contribution in [0.25, 0.3) is 0 Å². The van der Waals surface area contributed by atoms with Crippen molar-refractivity contribution >= 4 is 11.9 Å². The van der Waals surface area contributed by atoms with Crippen molar-refractivity contribution in [1.29, 1.82) is 0 Å². The molecule has 0 radical (unpaired) electrons. The summed E-state index contributed by atoms with van der Waals surface area (Å²) in [5.74, 6) is -0.285. The highest BCUT2D eigenvalue weighted by atomic mass is 16.3. The number of nitrogens with two attached hydrogens (primary N) is 1. The summed E-state index contributed by atoms with van der Waals surface area (Å²) in [5.41, 5.74) is 5.31. The average molecular weight is 201 g/mol. The van der Waals surface area contributed by atoms with Crippen LogP contribution in [0.15, 0.2) is 12.2 Å². The molecule has 0 spiro atoms. The van der Waals surface area contributed by atoms with Gasteiger partial charge in [-0.3, -0.25) is 4.79 Å². The summed E-state index contributed by atoms with van der Waals surface area (Å²) >= 11 is 0. The molecular weight excluding hydrogens is 186 g/mol. The van der Waals surface area contributed by atoms with Gasteiger partial charge in [0.15, 0.2) is 0 Å². The molecule has 6 nitrogen and oxygen atoms in total. The summed E-state index contributed by atoms with van der Waals surface area (Å²) in [6, 6.07) is -0.725. The van der Waals surface area contributed by atoms with Gasteiger partial charge in [0.1, 0.15) is 6.73 Å². The highest BCUT2D eigenvalue weighted by Gasteiger charge is 2.07. The van der Waals surface area contributed by atoms with E-state index in [4.69, 9.17) is 10.8 Å². The van der Waals surface area contributed by atoms with Crippen molar-refractivity contribution in [1.82, 2.24) is 10.2 Å². The van der Waals surface area contributed by atoms with Gasteiger partial charge in [-0.15, -0.1) is 0 Å². The molecule has 0 aromatic heterocycles. The number of primary amides is 1. The first-order valence-electron chi connectivity index (χ1n) is 4.08. The first-order chi connectivity index (χ1) is 6.49. The first-order valence-corrected chi connectivity index (χ1v) is 4.08. The topological polar surface area (TPSA) is 95.7 Å². The largest absolute Gasteiger partial charge is 0.376 e. The van der Waals surface area contributed by atoms with Crippen LogP contribution in [0, 0.1) is 0 Å². The molecule has 0 saturated heterocycles. The third kappa shape index (κ3) is 4.46. The highest BCUT2D eigenvalue weighted by molar-refractivity contribution is 5.92. The number of nitrogens with one attached hydrogen (secondary N) is 1. The molecule has 3 amide bonds. The minimum Gasteiger partial charge on any atom is -0.376 e. The lowest BCUT2D eigenvalue weighted by molar-refractivity contribution is -0.117. The van der Waals surface area contributed by atoms with Crippen LogP contribution in [0.1, 0.15) is 6.92 Å². The van der Waals surface area contributed by atoms with Crippen LogP contribution in [-0.4, -0.2) is 41.8 Å². The Labute approximate surface area is 82.4 Å². The minimum atomic E-state index is -0.725. The van der Waals surface area contributed by atoms with Crippen LogP contribution in [0.3, 0.4) is 0 Å². The average Bonchev–Trinajstić information content (AvgIpc) is 2.11. The zero-order chi connectivity index (χ0) is 11.1. The summed E-state index contributed by atoms with van der Waals surface area (Å²) in [6.07, 6.45) is 0. The fourth-order valence-electron chi connectivity index (χ4n) is 0.706. The normalized spacial score (nSPS) is 9.29. The quantitative estimate of drug-likeness (QED) is 0.393. The number of carbonyl (C=O) groups is 2. The van der Waals surface area contributed by atoms with Gasteiger partial charge in [0.05, 0.1) is 0 Å². The lowest BCUT2D eigenvalue weighted by Gasteiger charge is -2.17. The zero-order valence-electron chi connectivity index (χ0n) is 8.12. The number of nitrogens with zero attached hydrogens (tertiary/aromatic N) is 1. The summed E-state index contributed by atoms with van der Waals surface area (Å²) in [7, 11) is 0. The molecule has 80 valence electrons. The van der Waals surface area contributed by atoms with E-state index in [1.165, 1.54) is 0 Å². The lowest BCUT2D eigenvalue weighted by Crippen LogP contribution is -2.41. The van der Waals surface area contributed by atoms with Crippen LogP contribution >= 0.6 is 0 Å². The van der Waals surface area contributed by atoms with E-state index in [0.29, 0.717) is 5.57 Å². The van der Waals surface area contributed by atoms with Gasteiger partial charge in [-0.2, -0.15) is 0 Å². The molecule has 0 heterocycles. The SMILES string of the molecule is C=C(C)C(=O)NCCN(CO)C(N)=O. The second kappa shape index (κ2) is 5.98. The van der Waals surface area contributed by atoms with Crippen molar-refractivity contribution in [3.05, 3.63) is 12.2 Å². The van der Waals surface area contributed by atoms with Crippen molar-refractivity contribution in [3.8, 4) is 0 Å². The van der Waals surface area contributed by atoms with E-state index in [1.807, 2.05) is 0 Å². The Morgan fingerprint density at radius 2 is 2.14 bits per heavy atom. The monoisotopic (exact) mass is 201 g/mol. The fourth-order valence-corrected chi connectivity index (χ4v) is 0.706. The third-order valence-electron chi connectivity index (χ3n) is 1.54. The molecule has 6 heteroatoms. The van der Waals surface area contributed by atoms with Gasteiger partial charge in [-0.1, -0.05) is 6.58 Å². The molecule has 4 N–H and O–H groups in total. The maximum atomic E-state index is 11.0. The standard InChI is InChI=1S/C8H15N3O3/c1-6(2)7(13)10-3-4-11(5-12)8(9)14/h12H,1,3-5H2,2H3,(H2,9,14)(H,10,13). The maximum Gasteiger partial charge on any atom is 0.316 e. The first kappa shape index (κ1) is 12.4. The number of aliphatic hydroxyl groups excluding tert-OH is 1. The predicted molar refractivity (Wildman–Crippen MR) is 51.2 cm³/mol. The van der Waals surface area contributed by atoms with E-state index >= 15 is 0 Å². The molecule has 0 rings (SSSR count).